The van der Waals surface area contributed by atoms with E-state index in [1.807, 2.05) is 0 Å². The lowest BCUT2D eigenvalue weighted by molar-refractivity contribution is 0.979. The maximum absolute atomic E-state index is 5.57. The first-order chi connectivity index (χ1) is 8.17. The number of rotatable bonds is 4. The molecule has 0 fully saturated rings. The predicted molar refractivity (Wildman–Crippen MR) is 69.9 cm³/mol. The lowest BCUT2D eigenvalue weighted by atomic mass is 10.5. The molecule has 0 amide bonds. The molecule has 17 heavy (non-hydrogen) atoms. The quantitative estimate of drug-likeness (QED) is 0.552. The summed E-state index contributed by atoms with van der Waals surface area (Å²) in [5.74, 6) is 1.38. The van der Waals surface area contributed by atoms with Crippen LogP contribution in [0.3, 0.4) is 0 Å². The van der Waals surface area contributed by atoms with Crippen LogP contribution in [-0.2, 0) is 5.75 Å². The number of hydrogen-bond donors (Lipinski definition) is 3. The van der Waals surface area contributed by atoms with Crippen molar-refractivity contribution in [2.75, 3.05) is 23.8 Å². The van der Waals surface area contributed by atoms with Crippen LogP contribution in [0.5, 0.6) is 0 Å². The Morgan fingerprint density at radius 2 is 2.00 bits per heavy atom. The number of nitrogens with one attached hydrogen (secondary N) is 1. The number of aromatic nitrogens is 4. The van der Waals surface area contributed by atoms with Gasteiger partial charge in [0.2, 0.25) is 5.13 Å². The molecule has 2 aromatic heterocycles. The number of nitrogen functional groups attached to an aromatic ring is 2. The Kier molecular flexibility index (Phi) is 3.59. The van der Waals surface area contributed by atoms with E-state index in [1.54, 1.807) is 7.05 Å². The molecule has 0 unspecified atom stereocenters. The van der Waals surface area contributed by atoms with E-state index in [2.05, 4.69) is 25.5 Å². The minimum atomic E-state index is 0.369. The van der Waals surface area contributed by atoms with Gasteiger partial charge in [0.15, 0.2) is 5.16 Å². The SMILES string of the molecule is CNc1nnc(CSc2nc(N)cc(N)n2)s1. The Hall–Kier alpha value is -1.61. The molecular weight excluding hydrogens is 258 g/mol. The summed E-state index contributed by atoms with van der Waals surface area (Å²) >= 11 is 2.91. The monoisotopic (exact) mass is 269 g/mol. The van der Waals surface area contributed by atoms with E-state index < -0.39 is 0 Å². The minimum absolute atomic E-state index is 0.369. The Morgan fingerprint density at radius 3 is 2.59 bits per heavy atom. The van der Waals surface area contributed by atoms with E-state index in [1.165, 1.54) is 29.2 Å². The van der Waals surface area contributed by atoms with E-state index in [0.29, 0.717) is 22.5 Å². The van der Waals surface area contributed by atoms with Gasteiger partial charge in [-0.3, -0.25) is 0 Å². The second-order valence-corrected chi connectivity index (χ2v) is 5.04. The molecule has 0 radical (unpaired) electrons. The molecule has 0 bridgehead atoms. The highest BCUT2D eigenvalue weighted by atomic mass is 32.2. The van der Waals surface area contributed by atoms with Crippen LogP contribution in [0.4, 0.5) is 16.8 Å². The van der Waals surface area contributed by atoms with Crippen molar-refractivity contribution in [1.82, 2.24) is 20.2 Å². The zero-order valence-corrected chi connectivity index (χ0v) is 10.7. The number of anilines is 3. The first-order valence-corrected chi connectivity index (χ1v) is 6.50. The van der Waals surface area contributed by atoms with Gasteiger partial charge in [0, 0.05) is 13.1 Å². The van der Waals surface area contributed by atoms with Gasteiger partial charge in [-0.2, -0.15) is 0 Å². The Labute approximate surface area is 106 Å². The summed E-state index contributed by atoms with van der Waals surface area (Å²) in [6, 6.07) is 1.52. The molecule has 0 aliphatic carbocycles. The van der Waals surface area contributed by atoms with E-state index >= 15 is 0 Å². The van der Waals surface area contributed by atoms with Crippen molar-refractivity contribution >= 4 is 39.9 Å². The largest absolute Gasteiger partial charge is 0.383 e. The summed E-state index contributed by atoms with van der Waals surface area (Å²) in [6.07, 6.45) is 0. The highest BCUT2D eigenvalue weighted by Crippen LogP contribution is 2.24. The minimum Gasteiger partial charge on any atom is -0.383 e. The molecule has 90 valence electrons. The number of hydrogen-bond acceptors (Lipinski definition) is 9. The highest BCUT2D eigenvalue weighted by molar-refractivity contribution is 7.98. The average Bonchev–Trinajstić information content (AvgIpc) is 2.73. The summed E-state index contributed by atoms with van der Waals surface area (Å²) in [4.78, 5) is 8.13. The average molecular weight is 269 g/mol. The van der Waals surface area contributed by atoms with Crippen molar-refractivity contribution in [3.63, 3.8) is 0 Å². The van der Waals surface area contributed by atoms with Gasteiger partial charge in [-0.05, 0) is 0 Å². The molecule has 0 saturated carbocycles. The third kappa shape index (κ3) is 3.17. The molecule has 0 aliphatic rings. The van der Waals surface area contributed by atoms with Gasteiger partial charge in [0.05, 0.1) is 5.75 Å². The standard InChI is InChI=1S/C8H11N7S2/c1-11-7-15-14-6(17-7)3-16-8-12-4(9)2-5(10)13-8/h2H,3H2,1H3,(H,11,15)(H4,9,10,12,13). The van der Waals surface area contributed by atoms with Crippen molar-refractivity contribution < 1.29 is 0 Å². The fourth-order valence-corrected chi connectivity index (χ4v) is 2.62. The first kappa shape index (κ1) is 11.9. The van der Waals surface area contributed by atoms with Crippen LogP contribution in [0.15, 0.2) is 11.2 Å². The van der Waals surface area contributed by atoms with Crippen molar-refractivity contribution in [2.24, 2.45) is 0 Å². The lowest BCUT2D eigenvalue weighted by Gasteiger charge is -2.00. The van der Waals surface area contributed by atoms with Gasteiger partial charge in [-0.15, -0.1) is 10.2 Å². The van der Waals surface area contributed by atoms with E-state index in [9.17, 15) is 0 Å². The second-order valence-electron chi connectivity index (χ2n) is 3.04. The van der Waals surface area contributed by atoms with Crippen LogP contribution in [0.2, 0.25) is 0 Å². The zero-order valence-electron chi connectivity index (χ0n) is 9.04. The summed E-state index contributed by atoms with van der Waals surface area (Å²) in [6.45, 7) is 0. The summed E-state index contributed by atoms with van der Waals surface area (Å²) < 4.78 is 0. The van der Waals surface area contributed by atoms with E-state index in [0.717, 1.165) is 10.1 Å². The highest BCUT2D eigenvalue weighted by Gasteiger charge is 2.06. The second kappa shape index (κ2) is 5.15. The fraction of sp³-hybridized carbons (Fsp3) is 0.250. The molecule has 0 aliphatic heterocycles. The van der Waals surface area contributed by atoms with Crippen LogP contribution >= 0.6 is 23.1 Å². The van der Waals surface area contributed by atoms with Crippen LogP contribution in [0, 0.1) is 0 Å². The summed E-state index contributed by atoms with van der Waals surface area (Å²) in [5.41, 5.74) is 11.1. The van der Waals surface area contributed by atoms with Crippen LogP contribution in [-0.4, -0.2) is 27.2 Å². The summed E-state index contributed by atoms with van der Waals surface area (Å²) in [5, 5.41) is 13.1. The van der Waals surface area contributed by atoms with Gasteiger partial charge in [-0.1, -0.05) is 23.1 Å². The molecule has 0 saturated heterocycles. The molecule has 7 nitrogen and oxygen atoms in total. The maximum atomic E-state index is 5.57. The van der Waals surface area contributed by atoms with Gasteiger partial charge < -0.3 is 16.8 Å². The van der Waals surface area contributed by atoms with Crippen molar-refractivity contribution in [2.45, 2.75) is 10.9 Å². The van der Waals surface area contributed by atoms with Crippen LogP contribution < -0.4 is 16.8 Å². The van der Waals surface area contributed by atoms with Crippen molar-refractivity contribution in [1.29, 1.82) is 0 Å². The van der Waals surface area contributed by atoms with Gasteiger partial charge >= 0.3 is 0 Å². The molecule has 0 spiro atoms. The summed E-state index contributed by atoms with van der Waals surface area (Å²) in [7, 11) is 1.80. The van der Waals surface area contributed by atoms with E-state index in [4.69, 9.17) is 11.5 Å². The first-order valence-electron chi connectivity index (χ1n) is 4.70. The molecule has 2 rings (SSSR count). The molecule has 9 heteroatoms. The number of nitrogens with zero attached hydrogens (tertiary/aromatic N) is 4. The van der Waals surface area contributed by atoms with Crippen molar-refractivity contribution in [3.05, 3.63) is 11.1 Å². The predicted octanol–water partition coefficient (Wildman–Crippen LogP) is 0.827. The molecule has 0 atom stereocenters. The smallest absolute Gasteiger partial charge is 0.205 e. The van der Waals surface area contributed by atoms with Crippen LogP contribution in [0.25, 0.3) is 0 Å². The molecule has 5 N–H and O–H groups in total. The molecule has 2 heterocycles. The maximum Gasteiger partial charge on any atom is 0.205 e. The zero-order chi connectivity index (χ0) is 12.3. The number of nitrogens with two attached hydrogens (primary N) is 2. The molecule has 2 aromatic rings. The van der Waals surface area contributed by atoms with Gasteiger partial charge in [0.1, 0.15) is 16.6 Å². The molecule has 0 aromatic carbocycles. The topological polar surface area (TPSA) is 116 Å². The normalized spacial score (nSPS) is 10.4. The number of thioether (sulfide) groups is 1. The van der Waals surface area contributed by atoms with Crippen molar-refractivity contribution in [3.8, 4) is 0 Å². The lowest BCUT2D eigenvalue weighted by Crippen LogP contribution is -1.99. The van der Waals surface area contributed by atoms with Gasteiger partial charge in [-0.25, -0.2) is 9.97 Å². The fourth-order valence-electron chi connectivity index (χ4n) is 1.07. The van der Waals surface area contributed by atoms with Crippen LogP contribution in [0.1, 0.15) is 5.01 Å². The Bertz CT molecular complexity index is 492. The Balaban J connectivity index is 2.01. The molecular formula is C8H11N7S2. The third-order valence-electron chi connectivity index (χ3n) is 1.75. The van der Waals surface area contributed by atoms with Gasteiger partial charge in [0.25, 0.3) is 0 Å². The third-order valence-corrected chi connectivity index (χ3v) is 3.73. The Morgan fingerprint density at radius 1 is 1.29 bits per heavy atom. The van der Waals surface area contributed by atoms with E-state index in [-0.39, 0.29) is 0 Å².